The first-order valence-corrected chi connectivity index (χ1v) is 6.54. The van der Waals surface area contributed by atoms with Crippen LogP contribution in [0, 0.1) is 6.92 Å². The molecule has 0 amide bonds. The van der Waals surface area contributed by atoms with Gasteiger partial charge in [-0.1, -0.05) is 17.7 Å². The molecule has 0 fully saturated rings. The Morgan fingerprint density at radius 2 is 2.26 bits per heavy atom. The lowest BCUT2D eigenvalue weighted by molar-refractivity contribution is 0.451. The zero-order valence-electron chi connectivity index (χ0n) is 11.3. The van der Waals surface area contributed by atoms with Crippen molar-refractivity contribution in [2.45, 2.75) is 32.7 Å². The molecule has 5 heteroatoms. The monoisotopic (exact) mass is 260 g/mol. The summed E-state index contributed by atoms with van der Waals surface area (Å²) in [6.07, 6.45) is 3.38. The molecule has 1 atom stereocenters. The van der Waals surface area contributed by atoms with Crippen LogP contribution in [0.3, 0.4) is 0 Å². The van der Waals surface area contributed by atoms with Crippen molar-refractivity contribution in [2.24, 2.45) is 0 Å². The van der Waals surface area contributed by atoms with Crippen molar-refractivity contribution in [2.75, 3.05) is 6.54 Å². The molecule has 0 saturated carbocycles. The summed E-state index contributed by atoms with van der Waals surface area (Å²) in [4.78, 5) is 4.08. The number of nitrogens with zero attached hydrogens (tertiary/aromatic N) is 2. The Balaban J connectivity index is 1.80. The van der Waals surface area contributed by atoms with E-state index in [4.69, 9.17) is 0 Å². The van der Waals surface area contributed by atoms with Crippen LogP contribution in [0.2, 0.25) is 0 Å². The molecule has 0 aliphatic heterocycles. The number of benzene rings is 1. The lowest BCUT2D eigenvalue weighted by Crippen LogP contribution is -2.20. The van der Waals surface area contributed by atoms with Gasteiger partial charge in [0.1, 0.15) is 17.9 Å². The predicted molar refractivity (Wildman–Crippen MR) is 74.0 cm³/mol. The maximum Gasteiger partial charge on any atom is 0.137 e. The average molecular weight is 260 g/mol. The highest BCUT2D eigenvalue weighted by Gasteiger charge is 2.09. The number of hydrogen-bond acceptors (Lipinski definition) is 4. The van der Waals surface area contributed by atoms with Gasteiger partial charge >= 0.3 is 0 Å². The minimum atomic E-state index is 0.134. The zero-order valence-corrected chi connectivity index (χ0v) is 11.3. The largest absolute Gasteiger partial charge is 0.508 e. The van der Waals surface area contributed by atoms with Crippen LogP contribution in [0.25, 0.3) is 0 Å². The quantitative estimate of drug-likeness (QED) is 0.695. The molecule has 1 unspecified atom stereocenters. The van der Waals surface area contributed by atoms with E-state index < -0.39 is 0 Å². The van der Waals surface area contributed by atoms with Gasteiger partial charge in [0.15, 0.2) is 0 Å². The Kier molecular flexibility index (Phi) is 4.52. The van der Waals surface area contributed by atoms with Gasteiger partial charge in [0.05, 0.1) is 0 Å². The third-order valence-electron chi connectivity index (χ3n) is 3.16. The van der Waals surface area contributed by atoms with Crippen LogP contribution in [0.5, 0.6) is 5.75 Å². The fraction of sp³-hybridized carbons (Fsp3) is 0.429. The molecule has 19 heavy (non-hydrogen) atoms. The summed E-state index contributed by atoms with van der Waals surface area (Å²) in [5.74, 6) is 1.26. The number of rotatable bonds is 6. The number of nitrogens with one attached hydrogen (secondary N) is 2. The number of H-pyrrole nitrogens is 1. The summed E-state index contributed by atoms with van der Waals surface area (Å²) in [6, 6.07) is 5.81. The van der Waals surface area contributed by atoms with Gasteiger partial charge in [-0.3, -0.25) is 5.10 Å². The Morgan fingerprint density at radius 1 is 1.42 bits per heavy atom. The molecule has 0 saturated heterocycles. The molecule has 0 spiro atoms. The fourth-order valence-corrected chi connectivity index (χ4v) is 2.06. The first kappa shape index (κ1) is 13.5. The topological polar surface area (TPSA) is 73.8 Å². The smallest absolute Gasteiger partial charge is 0.137 e. The van der Waals surface area contributed by atoms with E-state index in [0.29, 0.717) is 5.75 Å². The molecule has 1 heterocycles. The van der Waals surface area contributed by atoms with Crippen LogP contribution in [-0.2, 0) is 6.42 Å². The third-order valence-corrected chi connectivity index (χ3v) is 3.16. The van der Waals surface area contributed by atoms with Crippen LogP contribution in [0.15, 0.2) is 24.5 Å². The number of aromatic amines is 1. The summed E-state index contributed by atoms with van der Waals surface area (Å²) in [7, 11) is 0. The zero-order chi connectivity index (χ0) is 13.7. The van der Waals surface area contributed by atoms with E-state index in [1.165, 1.54) is 6.33 Å². The highest BCUT2D eigenvalue weighted by atomic mass is 16.3. The van der Waals surface area contributed by atoms with E-state index in [0.717, 1.165) is 36.3 Å². The second-order valence-electron chi connectivity index (χ2n) is 4.77. The van der Waals surface area contributed by atoms with Crippen molar-refractivity contribution >= 4 is 0 Å². The minimum Gasteiger partial charge on any atom is -0.508 e. The molecule has 1 aromatic carbocycles. The highest BCUT2D eigenvalue weighted by Crippen LogP contribution is 2.24. The normalized spacial score (nSPS) is 12.5. The maximum atomic E-state index is 9.85. The number of aromatic hydroxyl groups is 1. The number of phenols is 1. The first-order chi connectivity index (χ1) is 9.16. The Hall–Kier alpha value is -1.88. The molecule has 0 aliphatic rings. The van der Waals surface area contributed by atoms with Crippen LogP contribution in [0.4, 0.5) is 0 Å². The summed E-state index contributed by atoms with van der Waals surface area (Å²) >= 11 is 0. The van der Waals surface area contributed by atoms with Gasteiger partial charge in [-0.05, 0) is 32.9 Å². The third kappa shape index (κ3) is 3.79. The standard InChI is InChI=1S/C14H20N4O/c1-10-5-6-13(19)12(8-10)11(2)15-7-3-4-14-16-9-17-18-14/h5-6,8-9,11,15,19H,3-4,7H2,1-2H3,(H,16,17,18). The second kappa shape index (κ2) is 6.33. The summed E-state index contributed by atoms with van der Waals surface area (Å²) in [5, 5.41) is 19.9. The van der Waals surface area contributed by atoms with E-state index in [1.807, 2.05) is 19.1 Å². The van der Waals surface area contributed by atoms with Gasteiger partial charge in [-0.25, -0.2) is 4.98 Å². The molecule has 2 aromatic rings. The molecule has 0 aliphatic carbocycles. The van der Waals surface area contributed by atoms with E-state index in [2.05, 4.69) is 27.4 Å². The van der Waals surface area contributed by atoms with Crippen molar-refractivity contribution < 1.29 is 5.11 Å². The molecular weight excluding hydrogens is 240 g/mol. The average Bonchev–Trinajstić information content (AvgIpc) is 2.90. The first-order valence-electron chi connectivity index (χ1n) is 6.54. The van der Waals surface area contributed by atoms with Crippen molar-refractivity contribution in [1.29, 1.82) is 0 Å². The molecule has 102 valence electrons. The van der Waals surface area contributed by atoms with Crippen LogP contribution < -0.4 is 5.32 Å². The number of phenolic OH excluding ortho intramolecular Hbond substituents is 1. The van der Waals surface area contributed by atoms with Crippen LogP contribution >= 0.6 is 0 Å². The Labute approximate surface area is 113 Å². The Morgan fingerprint density at radius 3 is 3.00 bits per heavy atom. The SMILES string of the molecule is Cc1ccc(O)c(C(C)NCCCc2ncn[nH]2)c1. The summed E-state index contributed by atoms with van der Waals surface area (Å²) in [5.41, 5.74) is 2.10. The van der Waals surface area contributed by atoms with Gasteiger partial charge in [-0.15, -0.1) is 0 Å². The lowest BCUT2D eigenvalue weighted by atomic mass is 10.0. The van der Waals surface area contributed by atoms with Crippen molar-refractivity contribution in [3.63, 3.8) is 0 Å². The van der Waals surface area contributed by atoms with Crippen LogP contribution in [-0.4, -0.2) is 26.8 Å². The molecular formula is C14H20N4O. The van der Waals surface area contributed by atoms with Gasteiger partial charge < -0.3 is 10.4 Å². The number of aromatic nitrogens is 3. The van der Waals surface area contributed by atoms with Gasteiger partial charge in [-0.2, -0.15) is 5.10 Å². The van der Waals surface area contributed by atoms with Crippen LogP contribution in [0.1, 0.15) is 36.3 Å². The minimum absolute atomic E-state index is 0.134. The molecule has 2 rings (SSSR count). The molecule has 5 nitrogen and oxygen atoms in total. The fourth-order valence-electron chi connectivity index (χ4n) is 2.06. The van der Waals surface area contributed by atoms with Crippen molar-refractivity contribution in [3.8, 4) is 5.75 Å². The number of hydrogen-bond donors (Lipinski definition) is 3. The van der Waals surface area contributed by atoms with E-state index in [9.17, 15) is 5.11 Å². The molecule has 3 N–H and O–H groups in total. The van der Waals surface area contributed by atoms with E-state index in [-0.39, 0.29) is 6.04 Å². The van der Waals surface area contributed by atoms with Crippen molar-refractivity contribution in [3.05, 3.63) is 41.5 Å². The lowest BCUT2D eigenvalue weighted by Gasteiger charge is -2.16. The van der Waals surface area contributed by atoms with E-state index in [1.54, 1.807) is 6.07 Å². The van der Waals surface area contributed by atoms with E-state index >= 15 is 0 Å². The Bertz CT molecular complexity index is 510. The summed E-state index contributed by atoms with van der Waals surface area (Å²) in [6.45, 7) is 4.96. The maximum absolute atomic E-state index is 9.85. The molecule has 0 bridgehead atoms. The second-order valence-corrected chi connectivity index (χ2v) is 4.77. The van der Waals surface area contributed by atoms with Crippen molar-refractivity contribution in [1.82, 2.24) is 20.5 Å². The van der Waals surface area contributed by atoms with Gasteiger partial charge in [0.2, 0.25) is 0 Å². The number of aryl methyl sites for hydroxylation is 2. The predicted octanol–water partition coefficient (Wildman–Crippen LogP) is 2.10. The molecule has 0 radical (unpaired) electrons. The van der Waals surface area contributed by atoms with Gasteiger partial charge in [0.25, 0.3) is 0 Å². The molecule has 1 aromatic heterocycles. The summed E-state index contributed by atoms with van der Waals surface area (Å²) < 4.78 is 0. The van der Waals surface area contributed by atoms with Gasteiger partial charge in [0, 0.05) is 18.0 Å². The highest BCUT2D eigenvalue weighted by molar-refractivity contribution is 5.37.